The van der Waals surface area contributed by atoms with E-state index in [0.29, 0.717) is 24.9 Å². The Kier molecular flexibility index (Phi) is 10.7. The third-order valence-corrected chi connectivity index (χ3v) is 2.96. The van der Waals surface area contributed by atoms with Gasteiger partial charge in [0.25, 0.3) is 0 Å². The molecule has 1 atom stereocenters. The van der Waals surface area contributed by atoms with Crippen LogP contribution in [0, 0.1) is 5.92 Å². The second-order valence-corrected chi connectivity index (χ2v) is 6.25. The van der Waals surface area contributed by atoms with E-state index in [1.807, 2.05) is 20.8 Å². The SMILES string of the molecule is CCNC(=NCCC(=O)NC(C)C)NC(C)CCC(C)C. The highest BCUT2D eigenvalue weighted by atomic mass is 16.1. The molecule has 0 heterocycles. The molecule has 0 aromatic heterocycles. The lowest BCUT2D eigenvalue weighted by molar-refractivity contribution is -0.121. The summed E-state index contributed by atoms with van der Waals surface area (Å²) in [4.78, 5) is 16.0. The molecular weight excluding hydrogens is 264 g/mol. The van der Waals surface area contributed by atoms with Crippen LogP contribution in [0.25, 0.3) is 0 Å². The Labute approximate surface area is 130 Å². The van der Waals surface area contributed by atoms with Crippen LogP contribution in [-0.4, -0.2) is 37.0 Å². The number of guanidine groups is 1. The topological polar surface area (TPSA) is 65.5 Å². The second-order valence-electron chi connectivity index (χ2n) is 6.25. The lowest BCUT2D eigenvalue weighted by Gasteiger charge is -2.18. The van der Waals surface area contributed by atoms with Gasteiger partial charge in [-0.25, -0.2) is 0 Å². The Morgan fingerprint density at radius 3 is 2.24 bits per heavy atom. The van der Waals surface area contributed by atoms with E-state index in [4.69, 9.17) is 0 Å². The van der Waals surface area contributed by atoms with Crippen molar-refractivity contribution in [3.63, 3.8) is 0 Å². The van der Waals surface area contributed by atoms with E-state index in [1.54, 1.807) is 0 Å². The molecule has 3 N–H and O–H groups in total. The number of carbonyl (C=O) groups excluding carboxylic acids is 1. The molecule has 1 amide bonds. The summed E-state index contributed by atoms with van der Waals surface area (Å²) in [5, 5.41) is 9.49. The smallest absolute Gasteiger partial charge is 0.222 e. The molecule has 5 heteroatoms. The number of nitrogens with zero attached hydrogens (tertiary/aromatic N) is 1. The van der Waals surface area contributed by atoms with Crippen LogP contribution in [-0.2, 0) is 4.79 Å². The first-order valence-corrected chi connectivity index (χ1v) is 8.19. The Morgan fingerprint density at radius 1 is 1.05 bits per heavy atom. The van der Waals surface area contributed by atoms with Gasteiger partial charge in [-0.2, -0.15) is 0 Å². The minimum absolute atomic E-state index is 0.0532. The summed E-state index contributed by atoms with van der Waals surface area (Å²) in [6.07, 6.45) is 2.75. The highest BCUT2D eigenvalue weighted by Gasteiger charge is 2.07. The van der Waals surface area contributed by atoms with Crippen molar-refractivity contribution in [1.82, 2.24) is 16.0 Å². The van der Waals surface area contributed by atoms with Gasteiger partial charge in [0.2, 0.25) is 5.91 Å². The zero-order valence-electron chi connectivity index (χ0n) is 14.6. The van der Waals surface area contributed by atoms with E-state index in [-0.39, 0.29) is 11.9 Å². The van der Waals surface area contributed by atoms with Crippen molar-refractivity contribution in [2.75, 3.05) is 13.1 Å². The van der Waals surface area contributed by atoms with Crippen molar-refractivity contribution >= 4 is 11.9 Å². The van der Waals surface area contributed by atoms with Gasteiger partial charge in [0.05, 0.1) is 6.54 Å². The van der Waals surface area contributed by atoms with Crippen molar-refractivity contribution in [3.8, 4) is 0 Å². The van der Waals surface area contributed by atoms with Crippen LogP contribution in [0.1, 0.15) is 60.8 Å². The summed E-state index contributed by atoms with van der Waals surface area (Å²) < 4.78 is 0. The van der Waals surface area contributed by atoms with Crippen LogP contribution in [0.3, 0.4) is 0 Å². The highest BCUT2D eigenvalue weighted by Crippen LogP contribution is 2.06. The first-order valence-electron chi connectivity index (χ1n) is 8.19. The van der Waals surface area contributed by atoms with E-state index < -0.39 is 0 Å². The third kappa shape index (κ3) is 12.2. The quantitative estimate of drug-likeness (QED) is 0.452. The first-order chi connectivity index (χ1) is 9.85. The number of aliphatic imine (C=N–C) groups is 1. The molecule has 5 nitrogen and oxygen atoms in total. The normalized spacial score (nSPS) is 13.4. The molecule has 0 aromatic carbocycles. The average molecular weight is 298 g/mol. The molecule has 124 valence electrons. The molecule has 0 aliphatic heterocycles. The van der Waals surface area contributed by atoms with Crippen molar-refractivity contribution in [1.29, 1.82) is 0 Å². The van der Waals surface area contributed by atoms with Gasteiger partial charge in [0, 0.05) is 25.0 Å². The van der Waals surface area contributed by atoms with Crippen molar-refractivity contribution in [3.05, 3.63) is 0 Å². The van der Waals surface area contributed by atoms with Gasteiger partial charge < -0.3 is 16.0 Å². The largest absolute Gasteiger partial charge is 0.357 e. The van der Waals surface area contributed by atoms with E-state index in [0.717, 1.165) is 18.9 Å². The second kappa shape index (κ2) is 11.4. The summed E-state index contributed by atoms with van der Waals surface area (Å²) in [7, 11) is 0. The lowest BCUT2D eigenvalue weighted by Crippen LogP contribution is -2.42. The van der Waals surface area contributed by atoms with E-state index in [9.17, 15) is 4.79 Å². The van der Waals surface area contributed by atoms with Gasteiger partial charge in [-0.1, -0.05) is 13.8 Å². The van der Waals surface area contributed by atoms with Gasteiger partial charge >= 0.3 is 0 Å². The standard InChI is InChI=1S/C16H34N4O/c1-7-17-16(20-14(6)9-8-12(2)3)18-11-10-15(21)19-13(4)5/h12-14H,7-11H2,1-6H3,(H,19,21)(H2,17,18,20). The molecule has 0 bridgehead atoms. The van der Waals surface area contributed by atoms with Crippen LogP contribution in [0.2, 0.25) is 0 Å². The van der Waals surface area contributed by atoms with E-state index in [1.165, 1.54) is 6.42 Å². The summed E-state index contributed by atoms with van der Waals surface area (Å²) >= 11 is 0. The number of amides is 1. The minimum Gasteiger partial charge on any atom is -0.357 e. The Bertz CT molecular complexity index is 313. The molecule has 0 saturated carbocycles. The molecule has 0 rings (SSSR count). The molecule has 21 heavy (non-hydrogen) atoms. The number of carbonyl (C=O) groups is 1. The summed E-state index contributed by atoms with van der Waals surface area (Å²) in [5.74, 6) is 1.57. The predicted molar refractivity (Wildman–Crippen MR) is 90.5 cm³/mol. The number of rotatable bonds is 9. The lowest BCUT2D eigenvalue weighted by atomic mass is 10.0. The summed E-state index contributed by atoms with van der Waals surface area (Å²) in [5.41, 5.74) is 0. The van der Waals surface area contributed by atoms with E-state index in [2.05, 4.69) is 41.7 Å². The molecule has 0 aromatic rings. The summed E-state index contributed by atoms with van der Waals surface area (Å²) in [6.45, 7) is 13.9. The fourth-order valence-corrected chi connectivity index (χ4v) is 1.87. The van der Waals surface area contributed by atoms with Crippen LogP contribution < -0.4 is 16.0 Å². The van der Waals surface area contributed by atoms with Gasteiger partial charge in [0.1, 0.15) is 0 Å². The average Bonchev–Trinajstić information content (AvgIpc) is 2.35. The van der Waals surface area contributed by atoms with Crippen molar-refractivity contribution in [2.45, 2.75) is 72.9 Å². The van der Waals surface area contributed by atoms with E-state index >= 15 is 0 Å². The molecule has 0 aliphatic rings. The molecule has 0 aliphatic carbocycles. The molecule has 0 fully saturated rings. The maximum Gasteiger partial charge on any atom is 0.222 e. The Hall–Kier alpha value is -1.26. The van der Waals surface area contributed by atoms with Gasteiger partial charge in [-0.05, 0) is 46.5 Å². The number of nitrogens with one attached hydrogen (secondary N) is 3. The van der Waals surface area contributed by atoms with Crippen LogP contribution in [0.4, 0.5) is 0 Å². The molecular formula is C16H34N4O. The maximum absolute atomic E-state index is 11.6. The highest BCUT2D eigenvalue weighted by molar-refractivity contribution is 5.81. The molecule has 0 saturated heterocycles. The number of hydrogen-bond acceptors (Lipinski definition) is 2. The minimum atomic E-state index is 0.0532. The first kappa shape index (κ1) is 19.7. The van der Waals surface area contributed by atoms with Crippen LogP contribution in [0.15, 0.2) is 4.99 Å². The zero-order chi connectivity index (χ0) is 16.3. The fraction of sp³-hybridized carbons (Fsp3) is 0.875. The maximum atomic E-state index is 11.6. The predicted octanol–water partition coefficient (Wildman–Crippen LogP) is 2.28. The van der Waals surface area contributed by atoms with Crippen LogP contribution in [0.5, 0.6) is 0 Å². The van der Waals surface area contributed by atoms with Gasteiger partial charge in [-0.15, -0.1) is 0 Å². The monoisotopic (exact) mass is 298 g/mol. The van der Waals surface area contributed by atoms with Crippen molar-refractivity contribution < 1.29 is 4.79 Å². The van der Waals surface area contributed by atoms with Gasteiger partial charge in [0.15, 0.2) is 5.96 Å². The molecule has 0 radical (unpaired) electrons. The molecule has 0 spiro atoms. The van der Waals surface area contributed by atoms with Crippen molar-refractivity contribution in [2.24, 2.45) is 10.9 Å². The number of hydrogen-bond donors (Lipinski definition) is 3. The van der Waals surface area contributed by atoms with Crippen LogP contribution >= 0.6 is 0 Å². The Morgan fingerprint density at radius 2 is 1.71 bits per heavy atom. The third-order valence-electron chi connectivity index (χ3n) is 2.96. The molecule has 1 unspecified atom stereocenters. The van der Waals surface area contributed by atoms with Gasteiger partial charge in [-0.3, -0.25) is 9.79 Å². The Balaban J connectivity index is 4.20. The summed E-state index contributed by atoms with van der Waals surface area (Å²) in [6, 6.07) is 0.568. The fourth-order valence-electron chi connectivity index (χ4n) is 1.87. The zero-order valence-corrected chi connectivity index (χ0v) is 14.6.